The molecule has 2 unspecified atom stereocenters. The highest BCUT2D eigenvalue weighted by Crippen LogP contribution is 2.30. The Morgan fingerprint density at radius 2 is 2.20 bits per heavy atom. The highest BCUT2D eigenvalue weighted by molar-refractivity contribution is 7.99. The molecule has 0 aromatic carbocycles. The quantitative estimate of drug-likeness (QED) is 0.871. The molecule has 3 nitrogen and oxygen atoms in total. The minimum atomic E-state index is 0.646. The number of hydrogen-bond donors (Lipinski definition) is 1. The topological polar surface area (TPSA) is 34.2 Å². The van der Waals surface area contributed by atoms with E-state index in [1.165, 1.54) is 25.0 Å². The molecule has 2 atom stereocenters. The van der Waals surface area contributed by atoms with Crippen LogP contribution >= 0.6 is 11.8 Å². The zero-order valence-electron chi connectivity index (χ0n) is 13.0. The predicted octanol–water partition coefficient (Wildman–Crippen LogP) is 3.47. The second kappa shape index (κ2) is 7.32. The van der Waals surface area contributed by atoms with Gasteiger partial charge in [0.25, 0.3) is 0 Å². The fraction of sp³-hybridized carbons (Fsp3) is 0.688. The summed E-state index contributed by atoms with van der Waals surface area (Å²) in [6.45, 7) is 7.23. The molecular weight excluding hydrogens is 268 g/mol. The second-order valence-corrected chi connectivity index (χ2v) is 7.09. The maximum absolute atomic E-state index is 5.47. The maximum Gasteiger partial charge on any atom is 0.128 e. The molecule has 0 bridgehead atoms. The Morgan fingerprint density at radius 1 is 1.40 bits per heavy atom. The molecule has 2 rings (SSSR count). The number of methoxy groups -OCH3 is 1. The summed E-state index contributed by atoms with van der Waals surface area (Å²) < 4.78 is 5.47. The molecule has 1 heterocycles. The van der Waals surface area contributed by atoms with Gasteiger partial charge in [0.15, 0.2) is 0 Å². The lowest BCUT2D eigenvalue weighted by Gasteiger charge is -2.16. The fourth-order valence-corrected chi connectivity index (χ4v) is 4.15. The van der Waals surface area contributed by atoms with Gasteiger partial charge in [-0.05, 0) is 38.9 Å². The Bertz CT molecular complexity index is 450. The summed E-state index contributed by atoms with van der Waals surface area (Å²) in [6.07, 6.45) is 5.84. The Balaban J connectivity index is 1.92. The SMILES string of the molecule is CCSC1CCC(NCc2ncc(C)c(OC)c2C)C1. The first-order valence-electron chi connectivity index (χ1n) is 7.49. The number of pyridine rings is 1. The van der Waals surface area contributed by atoms with Crippen LogP contribution in [0.15, 0.2) is 6.20 Å². The van der Waals surface area contributed by atoms with E-state index in [0.29, 0.717) is 6.04 Å². The van der Waals surface area contributed by atoms with Gasteiger partial charge in [0.1, 0.15) is 5.75 Å². The van der Waals surface area contributed by atoms with Gasteiger partial charge in [-0.1, -0.05) is 6.92 Å². The summed E-state index contributed by atoms with van der Waals surface area (Å²) in [7, 11) is 1.73. The minimum Gasteiger partial charge on any atom is -0.496 e. The van der Waals surface area contributed by atoms with Gasteiger partial charge in [0.05, 0.1) is 12.8 Å². The molecular formula is C16H26N2OS. The van der Waals surface area contributed by atoms with E-state index in [9.17, 15) is 0 Å². The van der Waals surface area contributed by atoms with Crippen LogP contribution in [0.5, 0.6) is 5.75 Å². The molecule has 112 valence electrons. The number of nitrogens with one attached hydrogen (secondary N) is 1. The lowest BCUT2D eigenvalue weighted by molar-refractivity contribution is 0.406. The molecule has 1 aliphatic rings. The lowest BCUT2D eigenvalue weighted by atomic mass is 10.1. The van der Waals surface area contributed by atoms with Gasteiger partial charge in [-0.15, -0.1) is 0 Å². The molecule has 4 heteroatoms. The van der Waals surface area contributed by atoms with Crippen LogP contribution in [0.4, 0.5) is 0 Å². The van der Waals surface area contributed by atoms with E-state index in [4.69, 9.17) is 4.74 Å². The fourth-order valence-electron chi connectivity index (χ4n) is 3.00. The third kappa shape index (κ3) is 3.67. The normalized spacial score (nSPS) is 22.2. The molecule has 0 amide bonds. The predicted molar refractivity (Wildman–Crippen MR) is 86.7 cm³/mol. The van der Waals surface area contributed by atoms with Gasteiger partial charge in [-0.3, -0.25) is 4.98 Å². The van der Waals surface area contributed by atoms with Crippen LogP contribution in [-0.4, -0.2) is 29.1 Å². The van der Waals surface area contributed by atoms with Crippen LogP contribution in [0.2, 0.25) is 0 Å². The van der Waals surface area contributed by atoms with Crippen molar-refractivity contribution in [3.63, 3.8) is 0 Å². The highest BCUT2D eigenvalue weighted by atomic mass is 32.2. The maximum atomic E-state index is 5.47. The third-order valence-electron chi connectivity index (χ3n) is 4.09. The van der Waals surface area contributed by atoms with E-state index >= 15 is 0 Å². The smallest absolute Gasteiger partial charge is 0.128 e. The zero-order valence-corrected chi connectivity index (χ0v) is 13.8. The monoisotopic (exact) mass is 294 g/mol. The van der Waals surface area contributed by atoms with Crippen molar-refractivity contribution in [3.05, 3.63) is 23.0 Å². The molecule has 1 aromatic heterocycles. The minimum absolute atomic E-state index is 0.646. The van der Waals surface area contributed by atoms with E-state index < -0.39 is 0 Å². The van der Waals surface area contributed by atoms with E-state index in [1.807, 2.05) is 13.1 Å². The standard InChI is InChI=1S/C16H26N2OS/c1-5-20-14-7-6-13(8-14)17-10-15-12(3)16(19-4)11(2)9-18-15/h9,13-14,17H,5-8,10H2,1-4H3. The molecule has 0 radical (unpaired) electrons. The van der Waals surface area contributed by atoms with Crippen LogP contribution in [0, 0.1) is 13.8 Å². The van der Waals surface area contributed by atoms with Crippen molar-refractivity contribution in [2.24, 2.45) is 0 Å². The molecule has 1 aliphatic carbocycles. The van der Waals surface area contributed by atoms with Crippen molar-refractivity contribution < 1.29 is 4.74 Å². The van der Waals surface area contributed by atoms with Crippen LogP contribution in [0.25, 0.3) is 0 Å². The van der Waals surface area contributed by atoms with Gasteiger partial charge in [-0.2, -0.15) is 11.8 Å². The molecule has 1 N–H and O–H groups in total. The van der Waals surface area contributed by atoms with Crippen molar-refractivity contribution in [1.82, 2.24) is 10.3 Å². The summed E-state index contributed by atoms with van der Waals surface area (Å²) in [6, 6.07) is 0.646. The highest BCUT2D eigenvalue weighted by Gasteiger charge is 2.24. The van der Waals surface area contributed by atoms with E-state index in [1.54, 1.807) is 7.11 Å². The van der Waals surface area contributed by atoms with Gasteiger partial charge >= 0.3 is 0 Å². The summed E-state index contributed by atoms with van der Waals surface area (Å²) in [5, 5.41) is 4.51. The number of aromatic nitrogens is 1. The van der Waals surface area contributed by atoms with Crippen molar-refractivity contribution in [2.75, 3.05) is 12.9 Å². The van der Waals surface area contributed by atoms with Gasteiger partial charge < -0.3 is 10.1 Å². The molecule has 20 heavy (non-hydrogen) atoms. The van der Waals surface area contributed by atoms with Crippen molar-refractivity contribution >= 4 is 11.8 Å². The Kier molecular flexibility index (Phi) is 5.73. The van der Waals surface area contributed by atoms with Crippen LogP contribution < -0.4 is 10.1 Å². The Hall–Kier alpha value is -0.740. The Morgan fingerprint density at radius 3 is 2.90 bits per heavy atom. The number of nitrogens with zero attached hydrogens (tertiary/aromatic N) is 1. The first-order chi connectivity index (χ1) is 9.65. The zero-order chi connectivity index (χ0) is 14.5. The van der Waals surface area contributed by atoms with Gasteiger partial charge in [0.2, 0.25) is 0 Å². The number of thioether (sulfide) groups is 1. The summed E-state index contributed by atoms with van der Waals surface area (Å²) in [5.74, 6) is 2.20. The van der Waals surface area contributed by atoms with Crippen molar-refractivity contribution in [1.29, 1.82) is 0 Å². The van der Waals surface area contributed by atoms with Crippen molar-refractivity contribution in [3.8, 4) is 5.75 Å². The number of hydrogen-bond acceptors (Lipinski definition) is 4. The van der Waals surface area contributed by atoms with E-state index in [2.05, 4.69) is 35.9 Å². The van der Waals surface area contributed by atoms with Crippen LogP contribution in [-0.2, 0) is 6.54 Å². The average molecular weight is 294 g/mol. The summed E-state index contributed by atoms with van der Waals surface area (Å²) in [5.41, 5.74) is 3.38. The molecule has 0 spiro atoms. The van der Waals surface area contributed by atoms with Gasteiger partial charge in [-0.25, -0.2) is 0 Å². The van der Waals surface area contributed by atoms with Crippen molar-refractivity contribution in [2.45, 2.75) is 57.9 Å². The first-order valence-corrected chi connectivity index (χ1v) is 8.54. The van der Waals surface area contributed by atoms with E-state index in [0.717, 1.165) is 34.4 Å². The summed E-state index contributed by atoms with van der Waals surface area (Å²) in [4.78, 5) is 4.56. The largest absolute Gasteiger partial charge is 0.496 e. The van der Waals surface area contributed by atoms with Crippen LogP contribution in [0.1, 0.15) is 43.0 Å². The molecule has 1 saturated carbocycles. The average Bonchev–Trinajstić information content (AvgIpc) is 2.87. The van der Waals surface area contributed by atoms with E-state index in [-0.39, 0.29) is 0 Å². The molecule has 0 saturated heterocycles. The Labute approximate surface area is 126 Å². The number of ether oxygens (including phenoxy) is 1. The number of rotatable bonds is 6. The van der Waals surface area contributed by atoms with Crippen LogP contribution in [0.3, 0.4) is 0 Å². The summed E-state index contributed by atoms with van der Waals surface area (Å²) >= 11 is 2.10. The molecule has 0 aliphatic heterocycles. The molecule has 1 aromatic rings. The van der Waals surface area contributed by atoms with Gasteiger partial charge in [0, 0.05) is 35.2 Å². The first kappa shape index (κ1) is 15.6. The molecule has 1 fully saturated rings. The third-order valence-corrected chi connectivity index (χ3v) is 5.33. The lowest BCUT2D eigenvalue weighted by Crippen LogP contribution is -2.27. The second-order valence-electron chi connectivity index (χ2n) is 5.51. The number of aryl methyl sites for hydroxylation is 1.